The molecule has 2 saturated carbocycles. The van der Waals surface area contributed by atoms with Gasteiger partial charge in [0.15, 0.2) is 0 Å². The summed E-state index contributed by atoms with van der Waals surface area (Å²) in [4.78, 5) is 1.34. The van der Waals surface area contributed by atoms with Gasteiger partial charge in [-0.15, -0.1) is 22.9 Å². The Labute approximate surface area is 108 Å². The SMILES string of the molecule is ClC(c1sccc1Br)C1C2CCCCC21. The summed E-state index contributed by atoms with van der Waals surface area (Å²) >= 11 is 12.0. The lowest BCUT2D eigenvalue weighted by Crippen LogP contribution is -1.93. The highest BCUT2D eigenvalue weighted by molar-refractivity contribution is 9.10. The second-order valence-corrected chi connectivity index (χ2v) is 7.00. The molecule has 0 radical (unpaired) electrons. The summed E-state index contributed by atoms with van der Waals surface area (Å²) < 4.78 is 1.20. The van der Waals surface area contributed by atoms with Gasteiger partial charge in [-0.25, -0.2) is 0 Å². The van der Waals surface area contributed by atoms with E-state index < -0.39 is 0 Å². The van der Waals surface area contributed by atoms with Gasteiger partial charge >= 0.3 is 0 Å². The molecule has 3 heteroatoms. The number of rotatable bonds is 2. The van der Waals surface area contributed by atoms with Crippen LogP contribution >= 0.6 is 38.9 Å². The van der Waals surface area contributed by atoms with Gasteiger partial charge in [-0.05, 0) is 58.0 Å². The van der Waals surface area contributed by atoms with Crippen LogP contribution in [-0.4, -0.2) is 0 Å². The monoisotopic (exact) mass is 304 g/mol. The topological polar surface area (TPSA) is 0 Å². The molecular formula is C12H14BrClS. The second-order valence-electron chi connectivity index (χ2n) is 4.72. The minimum Gasteiger partial charge on any atom is -0.146 e. The van der Waals surface area contributed by atoms with Crippen LogP contribution in [0.1, 0.15) is 35.9 Å². The standard InChI is InChI=1S/C12H14BrClS/c13-9-5-6-15-12(9)11(14)10-7-3-1-2-4-8(7)10/h5-8,10-11H,1-4H2. The van der Waals surface area contributed by atoms with Gasteiger partial charge in [0.2, 0.25) is 0 Å². The zero-order valence-corrected chi connectivity index (χ0v) is 11.6. The highest BCUT2D eigenvalue weighted by Crippen LogP contribution is 2.63. The third-order valence-electron chi connectivity index (χ3n) is 3.96. The lowest BCUT2D eigenvalue weighted by atomic mass is 10.0. The van der Waals surface area contributed by atoms with Crippen LogP contribution in [0.5, 0.6) is 0 Å². The van der Waals surface area contributed by atoms with Crippen molar-refractivity contribution in [1.82, 2.24) is 0 Å². The molecule has 0 bridgehead atoms. The van der Waals surface area contributed by atoms with Crippen LogP contribution in [0, 0.1) is 17.8 Å². The Morgan fingerprint density at radius 1 is 1.33 bits per heavy atom. The zero-order chi connectivity index (χ0) is 10.4. The maximum absolute atomic E-state index is 6.61. The predicted molar refractivity (Wildman–Crippen MR) is 69.6 cm³/mol. The highest BCUT2D eigenvalue weighted by atomic mass is 79.9. The van der Waals surface area contributed by atoms with E-state index in [0.717, 1.165) is 17.8 Å². The average Bonchev–Trinajstić information content (AvgIpc) is 2.83. The fraction of sp³-hybridized carbons (Fsp3) is 0.667. The van der Waals surface area contributed by atoms with E-state index in [2.05, 4.69) is 27.4 Å². The molecule has 1 aromatic rings. The Morgan fingerprint density at radius 2 is 2.00 bits per heavy atom. The van der Waals surface area contributed by atoms with E-state index in [1.165, 1.54) is 35.0 Å². The predicted octanol–water partition coefficient (Wildman–Crippen LogP) is 5.23. The Balaban J connectivity index is 1.76. The summed E-state index contributed by atoms with van der Waals surface area (Å²) in [7, 11) is 0. The van der Waals surface area contributed by atoms with E-state index in [9.17, 15) is 0 Å². The Kier molecular flexibility index (Phi) is 2.86. The van der Waals surface area contributed by atoms with Crippen LogP contribution in [-0.2, 0) is 0 Å². The van der Waals surface area contributed by atoms with Gasteiger partial charge in [-0.1, -0.05) is 12.8 Å². The minimum atomic E-state index is 0.257. The normalized spacial score (nSPS) is 36.0. The van der Waals surface area contributed by atoms with E-state index in [4.69, 9.17) is 11.6 Å². The molecule has 0 aliphatic heterocycles. The Hall–Kier alpha value is 0.470. The van der Waals surface area contributed by atoms with Gasteiger partial charge in [-0.3, -0.25) is 0 Å². The van der Waals surface area contributed by atoms with Gasteiger partial charge < -0.3 is 0 Å². The molecule has 3 rings (SSSR count). The molecule has 15 heavy (non-hydrogen) atoms. The Morgan fingerprint density at radius 3 is 2.53 bits per heavy atom. The van der Waals surface area contributed by atoms with E-state index in [-0.39, 0.29) is 5.38 Å². The number of thiophene rings is 1. The molecule has 0 aromatic carbocycles. The maximum Gasteiger partial charge on any atom is 0.0723 e. The molecule has 0 amide bonds. The van der Waals surface area contributed by atoms with E-state index in [1.54, 1.807) is 11.3 Å². The van der Waals surface area contributed by atoms with Crippen molar-refractivity contribution in [3.8, 4) is 0 Å². The van der Waals surface area contributed by atoms with Gasteiger partial charge in [0.05, 0.1) is 5.38 Å². The van der Waals surface area contributed by atoms with E-state index >= 15 is 0 Å². The first kappa shape index (κ1) is 10.6. The van der Waals surface area contributed by atoms with Crippen LogP contribution in [0.25, 0.3) is 0 Å². The quantitative estimate of drug-likeness (QED) is 0.657. The summed E-state index contributed by atoms with van der Waals surface area (Å²) in [5, 5.41) is 2.38. The van der Waals surface area contributed by atoms with Gasteiger partial charge in [0.1, 0.15) is 0 Å². The minimum absolute atomic E-state index is 0.257. The third-order valence-corrected chi connectivity index (χ3v) is 6.55. The van der Waals surface area contributed by atoms with Crippen molar-refractivity contribution in [3.63, 3.8) is 0 Å². The van der Waals surface area contributed by atoms with Crippen LogP contribution in [0.4, 0.5) is 0 Å². The first-order valence-electron chi connectivity index (χ1n) is 5.66. The summed E-state index contributed by atoms with van der Waals surface area (Å²) in [6, 6.07) is 2.11. The van der Waals surface area contributed by atoms with Gasteiger partial charge in [0.25, 0.3) is 0 Å². The van der Waals surface area contributed by atoms with Crippen molar-refractivity contribution < 1.29 is 0 Å². The molecule has 2 fully saturated rings. The van der Waals surface area contributed by atoms with Crippen LogP contribution < -0.4 is 0 Å². The summed E-state index contributed by atoms with van der Waals surface area (Å²) in [5.74, 6) is 2.65. The molecule has 1 aromatic heterocycles. The van der Waals surface area contributed by atoms with Crippen molar-refractivity contribution in [2.75, 3.05) is 0 Å². The molecule has 0 nitrogen and oxygen atoms in total. The number of hydrogen-bond donors (Lipinski definition) is 0. The van der Waals surface area contributed by atoms with Crippen molar-refractivity contribution in [2.24, 2.45) is 17.8 Å². The average molecular weight is 306 g/mol. The molecule has 2 aliphatic carbocycles. The zero-order valence-electron chi connectivity index (χ0n) is 8.46. The van der Waals surface area contributed by atoms with Crippen molar-refractivity contribution >= 4 is 38.9 Å². The van der Waals surface area contributed by atoms with Crippen LogP contribution in [0.2, 0.25) is 0 Å². The molecule has 3 atom stereocenters. The van der Waals surface area contributed by atoms with E-state index in [1.807, 2.05) is 0 Å². The Bertz CT molecular complexity index is 350. The van der Waals surface area contributed by atoms with Gasteiger partial charge in [0, 0.05) is 9.35 Å². The lowest BCUT2D eigenvalue weighted by Gasteiger charge is -2.07. The molecule has 0 saturated heterocycles. The maximum atomic E-state index is 6.61. The van der Waals surface area contributed by atoms with Crippen molar-refractivity contribution in [2.45, 2.75) is 31.1 Å². The van der Waals surface area contributed by atoms with Crippen LogP contribution in [0.15, 0.2) is 15.9 Å². The number of fused-ring (bicyclic) bond motifs is 1. The number of alkyl halides is 1. The van der Waals surface area contributed by atoms with E-state index in [0.29, 0.717) is 0 Å². The first-order valence-corrected chi connectivity index (χ1v) is 7.77. The molecule has 1 heterocycles. The fourth-order valence-electron chi connectivity index (χ4n) is 3.16. The third kappa shape index (κ3) is 1.79. The van der Waals surface area contributed by atoms with Gasteiger partial charge in [-0.2, -0.15) is 0 Å². The first-order chi connectivity index (χ1) is 7.29. The lowest BCUT2D eigenvalue weighted by molar-refractivity contribution is 0.480. The van der Waals surface area contributed by atoms with Crippen molar-refractivity contribution in [1.29, 1.82) is 0 Å². The molecule has 82 valence electrons. The summed E-state index contributed by atoms with van der Waals surface area (Å²) in [5.41, 5.74) is 0. The second kappa shape index (κ2) is 4.05. The number of hydrogen-bond acceptors (Lipinski definition) is 1. The van der Waals surface area contributed by atoms with Crippen LogP contribution in [0.3, 0.4) is 0 Å². The molecule has 0 spiro atoms. The summed E-state index contributed by atoms with van der Waals surface area (Å²) in [6.07, 6.45) is 5.68. The highest BCUT2D eigenvalue weighted by Gasteiger charge is 2.54. The smallest absolute Gasteiger partial charge is 0.0723 e. The molecule has 3 unspecified atom stereocenters. The largest absolute Gasteiger partial charge is 0.146 e. The number of halogens is 2. The fourth-order valence-corrected chi connectivity index (χ4v) is 5.59. The molecule has 2 aliphatic rings. The molecule has 0 N–H and O–H groups in total. The summed E-state index contributed by atoms with van der Waals surface area (Å²) in [6.45, 7) is 0. The molecular weight excluding hydrogens is 292 g/mol. The van der Waals surface area contributed by atoms with Crippen molar-refractivity contribution in [3.05, 3.63) is 20.8 Å².